The number of benzene rings is 1. The Hall–Kier alpha value is -2.19. The number of morpholine rings is 1. The number of aryl methyl sites for hydroxylation is 1. The highest BCUT2D eigenvalue weighted by molar-refractivity contribution is 6.33. The van der Waals surface area contributed by atoms with Gasteiger partial charge in [0.1, 0.15) is 6.10 Å². The van der Waals surface area contributed by atoms with Gasteiger partial charge in [-0.05, 0) is 36.3 Å². The minimum atomic E-state index is -0.360. The minimum absolute atomic E-state index is 0.0583. The monoisotopic (exact) mass is 376 g/mol. The molecule has 26 heavy (non-hydrogen) atoms. The van der Waals surface area contributed by atoms with Gasteiger partial charge in [0.2, 0.25) is 5.82 Å². The number of amides is 1. The van der Waals surface area contributed by atoms with Crippen LogP contribution in [0.2, 0.25) is 5.02 Å². The summed E-state index contributed by atoms with van der Waals surface area (Å²) in [4.78, 5) is 18.3. The molecule has 1 aromatic heterocycles. The summed E-state index contributed by atoms with van der Waals surface area (Å²) in [7, 11) is 1.70. The summed E-state index contributed by atoms with van der Waals surface area (Å²) < 4.78 is 5.70. The van der Waals surface area contributed by atoms with Gasteiger partial charge in [0.25, 0.3) is 5.91 Å². The largest absolute Gasteiger partial charge is 0.370 e. The number of anilines is 1. The number of carbonyl (C=O) groups excluding carboxylic acids is 1. The maximum atomic E-state index is 12.9. The highest BCUT2D eigenvalue weighted by atomic mass is 35.5. The number of halogens is 1. The van der Waals surface area contributed by atoms with Gasteiger partial charge >= 0.3 is 0 Å². The first kappa shape index (κ1) is 17.2. The Morgan fingerprint density at radius 3 is 2.77 bits per heavy atom. The number of tetrazole rings is 1. The van der Waals surface area contributed by atoms with Gasteiger partial charge in [-0.2, -0.15) is 4.80 Å². The molecule has 2 aliphatic rings. The summed E-state index contributed by atoms with van der Waals surface area (Å²) in [5.41, 5.74) is 1.59. The third-order valence-corrected chi connectivity index (χ3v) is 5.11. The normalized spacial score (nSPS) is 20.6. The van der Waals surface area contributed by atoms with E-state index in [1.54, 1.807) is 18.0 Å². The topological polar surface area (TPSA) is 76.4 Å². The van der Waals surface area contributed by atoms with E-state index in [1.165, 1.54) is 17.6 Å². The van der Waals surface area contributed by atoms with Crippen LogP contribution in [0.4, 0.5) is 5.69 Å². The van der Waals surface area contributed by atoms with E-state index >= 15 is 0 Å². The van der Waals surface area contributed by atoms with Crippen LogP contribution in [-0.4, -0.2) is 63.8 Å². The first-order chi connectivity index (χ1) is 12.6. The molecule has 2 fully saturated rings. The van der Waals surface area contributed by atoms with Gasteiger partial charge < -0.3 is 14.5 Å². The average molecular weight is 377 g/mol. The fourth-order valence-electron chi connectivity index (χ4n) is 3.45. The van der Waals surface area contributed by atoms with E-state index in [2.05, 4.69) is 20.3 Å². The lowest BCUT2D eigenvalue weighted by Crippen LogP contribution is -2.42. The van der Waals surface area contributed by atoms with Crippen molar-refractivity contribution >= 4 is 23.2 Å². The van der Waals surface area contributed by atoms with Crippen molar-refractivity contribution in [2.24, 2.45) is 7.05 Å². The Balaban J connectivity index is 1.49. The van der Waals surface area contributed by atoms with Gasteiger partial charge in [-0.25, -0.2) is 0 Å². The lowest BCUT2D eigenvalue weighted by molar-refractivity contribution is -0.0269. The molecule has 2 aromatic rings. The van der Waals surface area contributed by atoms with Gasteiger partial charge in [-0.3, -0.25) is 4.79 Å². The van der Waals surface area contributed by atoms with Crippen molar-refractivity contribution in [1.29, 1.82) is 0 Å². The van der Waals surface area contributed by atoms with Gasteiger partial charge in [-0.1, -0.05) is 11.6 Å². The Morgan fingerprint density at radius 2 is 2.08 bits per heavy atom. The fourth-order valence-corrected chi connectivity index (χ4v) is 3.75. The zero-order valence-electron chi connectivity index (χ0n) is 14.6. The smallest absolute Gasteiger partial charge is 0.254 e. The van der Waals surface area contributed by atoms with Crippen LogP contribution >= 0.6 is 11.6 Å². The molecule has 1 aromatic carbocycles. The molecular formula is C17H21ClN6O2. The molecule has 8 nitrogen and oxygen atoms in total. The second-order valence-electron chi connectivity index (χ2n) is 6.61. The molecule has 0 radical (unpaired) electrons. The van der Waals surface area contributed by atoms with Crippen molar-refractivity contribution in [3.05, 3.63) is 34.6 Å². The van der Waals surface area contributed by atoms with Gasteiger partial charge in [0.05, 0.1) is 30.9 Å². The third kappa shape index (κ3) is 3.39. The van der Waals surface area contributed by atoms with Crippen molar-refractivity contribution in [2.45, 2.75) is 18.9 Å². The predicted molar refractivity (Wildman–Crippen MR) is 96.3 cm³/mol. The van der Waals surface area contributed by atoms with E-state index in [4.69, 9.17) is 16.3 Å². The number of hydrogen-bond donors (Lipinski definition) is 0. The molecule has 2 aliphatic heterocycles. The first-order valence-corrected chi connectivity index (χ1v) is 9.19. The molecule has 1 amide bonds. The van der Waals surface area contributed by atoms with Gasteiger partial charge in [0.15, 0.2) is 0 Å². The summed E-state index contributed by atoms with van der Waals surface area (Å²) in [5.74, 6) is 0.435. The average Bonchev–Trinajstić information content (AvgIpc) is 3.33. The summed E-state index contributed by atoms with van der Waals surface area (Å²) in [6, 6.07) is 5.57. The summed E-state index contributed by atoms with van der Waals surface area (Å²) in [6.07, 6.45) is 2.01. The summed E-state index contributed by atoms with van der Waals surface area (Å²) in [6.45, 7) is 3.40. The van der Waals surface area contributed by atoms with Crippen LogP contribution in [-0.2, 0) is 11.8 Å². The van der Waals surface area contributed by atoms with E-state index in [1.807, 2.05) is 12.1 Å². The Morgan fingerprint density at radius 1 is 1.27 bits per heavy atom. The molecule has 0 spiro atoms. The summed E-state index contributed by atoms with van der Waals surface area (Å²) >= 11 is 6.45. The van der Waals surface area contributed by atoms with Crippen LogP contribution in [0.25, 0.3) is 0 Å². The van der Waals surface area contributed by atoms with Crippen LogP contribution < -0.4 is 4.90 Å². The van der Waals surface area contributed by atoms with Crippen LogP contribution in [0, 0.1) is 0 Å². The molecule has 4 rings (SSSR count). The maximum Gasteiger partial charge on any atom is 0.254 e. The van der Waals surface area contributed by atoms with Crippen LogP contribution in [0.3, 0.4) is 0 Å². The first-order valence-electron chi connectivity index (χ1n) is 8.81. The molecule has 1 atom stereocenters. The molecule has 0 bridgehead atoms. The lowest BCUT2D eigenvalue weighted by atomic mass is 10.1. The number of aromatic nitrogens is 4. The molecule has 0 aliphatic carbocycles. The Labute approximate surface area is 156 Å². The Kier molecular flexibility index (Phi) is 4.78. The number of hydrogen-bond acceptors (Lipinski definition) is 6. The van der Waals surface area contributed by atoms with E-state index < -0.39 is 0 Å². The van der Waals surface area contributed by atoms with Crippen molar-refractivity contribution in [1.82, 2.24) is 25.1 Å². The van der Waals surface area contributed by atoms with E-state index in [0.717, 1.165) is 18.8 Å². The molecule has 9 heteroatoms. The van der Waals surface area contributed by atoms with Crippen molar-refractivity contribution < 1.29 is 9.53 Å². The minimum Gasteiger partial charge on any atom is -0.370 e. The number of ether oxygens (including phenoxy) is 1. The van der Waals surface area contributed by atoms with Crippen LogP contribution in [0.15, 0.2) is 18.2 Å². The molecule has 0 N–H and O–H groups in total. The highest BCUT2D eigenvalue weighted by Crippen LogP contribution is 2.30. The van der Waals surface area contributed by atoms with E-state index in [-0.39, 0.29) is 12.0 Å². The van der Waals surface area contributed by atoms with Crippen LogP contribution in [0.1, 0.15) is 35.1 Å². The van der Waals surface area contributed by atoms with Crippen LogP contribution in [0.5, 0.6) is 0 Å². The SMILES string of the molecule is Cn1nnc(C2CN(C(=O)c3ccc(N4CCCC4)c(Cl)c3)CCO2)n1. The zero-order valence-corrected chi connectivity index (χ0v) is 15.4. The van der Waals surface area contributed by atoms with E-state index in [9.17, 15) is 4.79 Å². The number of nitrogens with zero attached hydrogens (tertiary/aromatic N) is 6. The van der Waals surface area contributed by atoms with Crippen molar-refractivity contribution in [2.75, 3.05) is 37.7 Å². The second-order valence-corrected chi connectivity index (χ2v) is 7.02. The lowest BCUT2D eigenvalue weighted by Gasteiger charge is -2.31. The standard InChI is InChI=1S/C17H21ClN6O2/c1-22-20-16(19-21-22)15-11-24(8-9-26-15)17(25)12-4-5-14(13(18)10-12)23-6-2-3-7-23/h4-5,10,15H,2-3,6-9,11H2,1H3. The molecule has 138 valence electrons. The predicted octanol–water partition coefficient (Wildman–Crippen LogP) is 1.68. The Bertz CT molecular complexity index is 804. The number of carbonyl (C=O) groups is 1. The van der Waals surface area contributed by atoms with Crippen molar-refractivity contribution in [3.8, 4) is 0 Å². The van der Waals surface area contributed by atoms with Crippen molar-refractivity contribution in [3.63, 3.8) is 0 Å². The highest BCUT2D eigenvalue weighted by Gasteiger charge is 2.29. The fraction of sp³-hybridized carbons (Fsp3) is 0.529. The maximum absolute atomic E-state index is 12.9. The van der Waals surface area contributed by atoms with E-state index in [0.29, 0.717) is 36.1 Å². The molecule has 2 saturated heterocycles. The third-order valence-electron chi connectivity index (χ3n) is 4.81. The summed E-state index contributed by atoms with van der Waals surface area (Å²) in [5, 5.41) is 12.6. The zero-order chi connectivity index (χ0) is 18.1. The van der Waals surface area contributed by atoms with Gasteiger partial charge in [-0.15, -0.1) is 10.2 Å². The second kappa shape index (κ2) is 7.20. The molecule has 3 heterocycles. The number of rotatable bonds is 3. The molecule has 1 unspecified atom stereocenters. The quantitative estimate of drug-likeness (QED) is 0.811. The van der Waals surface area contributed by atoms with Gasteiger partial charge in [0, 0.05) is 25.2 Å². The molecule has 0 saturated carbocycles. The molecular weight excluding hydrogens is 356 g/mol.